The molecule has 2 atom stereocenters. The first kappa shape index (κ1) is 9.89. The summed E-state index contributed by atoms with van der Waals surface area (Å²) in [5, 5.41) is 0. The average Bonchev–Trinajstić information content (AvgIpc) is 2.43. The topological polar surface area (TPSA) is 9.23 Å². The molecule has 18 heavy (non-hydrogen) atoms. The van der Waals surface area contributed by atoms with Crippen molar-refractivity contribution in [3.05, 3.63) is 29.8 Å². The Labute approximate surface area is 116 Å². The van der Waals surface area contributed by atoms with Gasteiger partial charge >= 0.3 is 0 Å². The fraction of sp³-hybridized carbons (Fsp3) is 0.647. The lowest BCUT2D eigenvalue weighted by Gasteiger charge is -2.28. The van der Waals surface area contributed by atoms with Crippen LogP contribution in [0.1, 0.15) is 67.9 Å². The van der Waals surface area contributed by atoms with Crippen LogP contribution in [0.15, 0.2) is 24.3 Å². The summed E-state index contributed by atoms with van der Waals surface area (Å²) in [6.07, 6.45) is 2.53. The summed E-state index contributed by atoms with van der Waals surface area (Å²) in [6, 6.07) is 7.63. The number of hydrogen-bond donors (Lipinski definition) is 0. The third kappa shape index (κ3) is 3.51. The maximum Gasteiger partial charge on any atom is 0.119 e. The van der Waals surface area contributed by atoms with Crippen molar-refractivity contribution in [2.75, 3.05) is 6.61 Å². The van der Waals surface area contributed by atoms with E-state index in [9.17, 15) is 0 Å². The molecule has 1 aromatic rings. The number of benzene rings is 1. The molecule has 0 heterocycles. The van der Waals surface area contributed by atoms with Crippen LogP contribution >= 0.6 is 0 Å². The predicted octanol–water partition coefficient (Wildman–Crippen LogP) is 5.16. The maximum atomic E-state index is 8.73. The first-order valence-corrected chi connectivity index (χ1v) is 7.14. The smallest absolute Gasteiger partial charge is 0.119 e. The van der Waals surface area contributed by atoms with Gasteiger partial charge in [0, 0.05) is 4.11 Å². The van der Waals surface area contributed by atoms with Crippen molar-refractivity contribution in [1.29, 1.82) is 0 Å². The Kier molecular flexibility index (Phi) is 3.75. The van der Waals surface area contributed by atoms with Crippen LogP contribution in [0.3, 0.4) is 0 Å². The SMILES string of the molecule is [2H]C1([2H])C[C@]([2H])(c2ccc(OCC)cc2)CC[C@H]1CCC. The minimum Gasteiger partial charge on any atom is -0.494 e. The van der Waals surface area contributed by atoms with Gasteiger partial charge < -0.3 is 4.74 Å². The lowest BCUT2D eigenvalue weighted by atomic mass is 9.77. The van der Waals surface area contributed by atoms with E-state index in [1.165, 1.54) is 0 Å². The van der Waals surface area contributed by atoms with Crippen molar-refractivity contribution < 1.29 is 8.85 Å². The lowest BCUT2D eigenvalue weighted by Crippen LogP contribution is -2.13. The van der Waals surface area contributed by atoms with Crippen LogP contribution in [0.25, 0.3) is 0 Å². The number of ether oxygens (including phenoxy) is 1. The van der Waals surface area contributed by atoms with E-state index >= 15 is 0 Å². The molecule has 1 aliphatic carbocycles. The molecule has 100 valence electrons. The van der Waals surface area contributed by atoms with Gasteiger partial charge in [-0.2, -0.15) is 0 Å². The molecule has 1 aliphatic rings. The van der Waals surface area contributed by atoms with Gasteiger partial charge in [0.1, 0.15) is 5.75 Å². The standard InChI is InChI=1S/C17H26O/c1-3-5-14-6-8-15(9-7-14)16-10-12-17(13-11-16)18-4-2/h10-15H,3-9H2,1-2H3/t14-,15-/i6D2,15D/m0/s1. The highest BCUT2D eigenvalue weighted by atomic mass is 16.5. The van der Waals surface area contributed by atoms with E-state index in [1.807, 2.05) is 31.2 Å². The van der Waals surface area contributed by atoms with E-state index in [0.717, 1.165) is 37.0 Å². The van der Waals surface area contributed by atoms with E-state index in [4.69, 9.17) is 8.85 Å². The molecular weight excluding hydrogens is 220 g/mol. The van der Waals surface area contributed by atoms with Crippen molar-refractivity contribution in [3.63, 3.8) is 0 Å². The normalized spacial score (nSPS) is 33.2. The van der Waals surface area contributed by atoms with E-state index < -0.39 is 12.3 Å². The van der Waals surface area contributed by atoms with Crippen LogP contribution in [0, 0.1) is 5.92 Å². The Bertz CT molecular complexity index is 458. The van der Waals surface area contributed by atoms with Crippen LogP contribution in [-0.2, 0) is 0 Å². The molecule has 0 aliphatic heterocycles. The average molecular weight is 249 g/mol. The molecule has 0 N–H and O–H groups in total. The zero-order valence-electron chi connectivity index (χ0n) is 14.5. The molecule has 1 saturated carbocycles. The summed E-state index contributed by atoms with van der Waals surface area (Å²) in [4.78, 5) is 0. The van der Waals surface area contributed by atoms with Crippen molar-refractivity contribution in [1.82, 2.24) is 0 Å². The molecule has 1 aromatic carbocycles. The predicted molar refractivity (Wildman–Crippen MR) is 77.2 cm³/mol. The molecule has 0 saturated heterocycles. The molecule has 0 unspecified atom stereocenters. The van der Waals surface area contributed by atoms with Gasteiger partial charge in [-0.1, -0.05) is 31.9 Å². The highest BCUT2D eigenvalue weighted by molar-refractivity contribution is 5.29. The van der Waals surface area contributed by atoms with Gasteiger partial charge in [-0.15, -0.1) is 0 Å². The van der Waals surface area contributed by atoms with Crippen molar-refractivity contribution in [2.24, 2.45) is 5.92 Å². The molecule has 0 aromatic heterocycles. The monoisotopic (exact) mass is 249 g/mol. The largest absolute Gasteiger partial charge is 0.494 e. The van der Waals surface area contributed by atoms with Gasteiger partial charge in [-0.05, 0) is 62.1 Å². The highest BCUT2D eigenvalue weighted by Crippen LogP contribution is 2.37. The number of hydrogen-bond acceptors (Lipinski definition) is 1. The van der Waals surface area contributed by atoms with Gasteiger partial charge in [0.05, 0.1) is 6.61 Å². The summed E-state index contributed by atoms with van der Waals surface area (Å²) < 4.78 is 30.8. The molecule has 0 bridgehead atoms. The van der Waals surface area contributed by atoms with Gasteiger partial charge in [0.2, 0.25) is 0 Å². The summed E-state index contributed by atoms with van der Waals surface area (Å²) in [6.45, 7) is 4.68. The van der Waals surface area contributed by atoms with Crippen molar-refractivity contribution >= 4 is 0 Å². The first-order chi connectivity index (χ1) is 9.91. The van der Waals surface area contributed by atoms with Gasteiger partial charge in [-0.3, -0.25) is 0 Å². The molecular formula is C17H26O. The van der Waals surface area contributed by atoms with Crippen LogP contribution in [0.4, 0.5) is 0 Å². The summed E-state index contributed by atoms with van der Waals surface area (Å²) in [5.41, 5.74) is 0.907. The van der Waals surface area contributed by atoms with Crippen LogP contribution in [-0.4, -0.2) is 6.61 Å². The maximum absolute atomic E-state index is 8.73. The van der Waals surface area contributed by atoms with Gasteiger partial charge in [0.25, 0.3) is 0 Å². The molecule has 0 radical (unpaired) electrons. The fourth-order valence-corrected chi connectivity index (χ4v) is 2.60. The fourth-order valence-electron chi connectivity index (χ4n) is 2.60. The molecule has 1 heteroatoms. The van der Waals surface area contributed by atoms with Gasteiger partial charge in [0.15, 0.2) is 0 Å². The molecule has 1 nitrogen and oxygen atoms in total. The highest BCUT2D eigenvalue weighted by Gasteiger charge is 2.21. The lowest BCUT2D eigenvalue weighted by molar-refractivity contribution is 0.308. The Morgan fingerprint density at radius 1 is 1.22 bits per heavy atom. The number of rotatable bonds is 5. The van der Waals surface area contributed by atoms with Crippen LogP contribution < -0.4 is 4.74 Å². The van der Waals surface area contributed by atoms with E-state index in [2.05, 4.69) is 6.92 Å². The zero-order valence-corrected chi connectivity index (χ0v) is 11.5. The quantitative estimate of drug-likeness (QED) is 0.700. The van der Waals surface area contributed by atoms with E-state index in [-0.39, 0.29) is 5.92 Å². The molecule has 0 amide bonds. The Hall–Kier alpha value is -0.980. The molecule has 2 rings (SSSR count). The zero-order chi connectivity index (χ0) is 15.5. The molecule has 1 fully saturated rings. The van der Waals surface area contributed by atoms with Crippen LogP contribution in [0.2, 0.25) is 0 Å². The summed E-state index contributed by atoms with van der Waals surface area (Å²) in [5.74, 6) is 0.106. The third-order valence-corrected chi connectivity index (χ3v) is 3.61. The summed E-state index contributed by atoms with van der Waals surface area (Å²) >= 11 is 0. The molecule has 0 spiro atoms. The van der Waals surface area contributed by atoms with Crippen LogP contribution in [0.5, 0.6) is 5.75 Å². The first-order valence-electron chi connectivity index (χ1n) is 8.64. The Morgan fingerprint density at radius 3 is 2.61 bits per heavy atom. The Balaban J connectivity index is 2.15. The van der Waals surface area contributed by atoms with E-state index in [0.29, 0.717) is 13.0 Å². The second kappa shape index (κ2) is 6.82. The van der Waals surface area contributed by atoms with Crippen molar-refractivity contribution in [3.8, 4) is 5.75 Å². The van der Waals surface area contributed by atoms with Crippen molar-refractivity contribution in [2.45, 2.75) is 58.2 Å². The summed E-state index contributed by atoms with van der Waals surface area (Å²) in [7, 11) is 0. The second-order valence-electron chi connectivity index (χ2n) is 4.97. The second-order valence-corrected chi connectivity index (χ2v) is 4.97. The minimum absolute atomic E-state index is 0.101. The third-order valence-electron chi connectivity index (χ3n) is 3.61. The van der Waals surface area contributed by atoms with Gasteiger partial charge in [-0.25, -0.2) is 0 Å². The van der Waals surface area contributed by atoms with E-state index in [1.54, 1.807) is 0 Å². The Morgan fingerprint density at radius 2 is 2.00 bits per heavy atom. The minimum atomic E-state index is -1.24.